The van der Waals surface area contributed by atoms with Crippen LogP contribution in [-0.2, 0) is 16.6 Å². The van der Waals surface area contributed by atoms with Crippen LogP contribution in [0.3, 0.4) is 0 Å². The number of rotatable bonds is 9. The van der Waals surface area contributed by atoms with Crippen molar-refractivity contribution >= 4 is 15.9 Å². The van der Waals surface area contributed by atoms with Gasteiger partial charge in [0, 0.05) is 19.3 Å². The van der Waals surface area contributed by atoms with Crippen LogP contribution >= 0.6 is 0 Å². The fourth-order valence-electron chi connectivity index (χ4n) is 1.85. The van der Waals surface area contributed by atoms with Crippen LogP contribution in [0.2, 0.25) is 0 Å². The number of hydrogen-bond donors (Lipinski definition) is 2. The van der Waals surface area contributed by atoms with Gasteiger partial charge in [0.2, 0.25) is 0 Å². The third-order valence-electron chi connectivity index (χ3n) is 3.05. The van der Waals surface area contributed by atoms with Crippen LogP contribution in [0.5, 0.6) is 0 Å². The third kappa shape index (κ3) is 5.48. The van der Waals surface area contributed by atoms with Crippen LogP contribution < -0.4 is 10.0 Å². The Morgan fingerprint density at radius 1 is 1.20 bits per heavy atom. The Morgan fingerprint density at radius 3 is 2.40 bits per heavy atom. The van der Waals surface area contributed by atoms with Crippen molar-refractivity contribution in [1.82, 2.24) is 9.62 Å². The van der Waals surface area contributed by atoms with Crippen molar-refractivity contribution in [3.8, 4) is 0 Å². The highest BCUT2D eigenvalue weighted by Gasteiger charge is 2.16. The van der Waals surface area contributed by atoms with Crippen molar-refractivity contribution in [2.45, 2.75) is 26.2 Å². The van der Waals surface area contributed by atoms with Gasteiger partial charge in [-0.15, -0.1) is 0 Å². The van der Waals surface area contributed by atoms with E-state index in [2.05, 4.69) is 17.0 Å². The molecule has 2 N–H and O–H groups in total. The summed E-state index contributed by atoms with van der Waals surface area (Å²) < 4.78 is 28.1. The molecule has 20 heavy (non-hydrogen) atoms. The molecule has 114 valence electrons. The summed E-state index contributed by atoms with van der Waals surface area (Å²) in [6.45, 7) is 3.41. The minimum atomic E-state index is -3.46. The topological polar surface area (TPSA) is 61.4 Å². The second kappa shape index (κ2) is 8.24. The van der Waals surface area contributed by atoms with Crippen LogP contribution in [0.25, 0.3) is 0 Å². The number of nitrogens with one attached hydrogen (secondary N) is 2. The van der Waals surface area contributed by atoms with Crippen LogP contribution in [0.15, 0.2) is 24.3 Å². The van der Waals surface area contributed by atoms with Gasteiger partial charge < -0.3 is 5.32 Å². The van der Waals surface area contributed by atoms with E-state index in [-0.39, 0.29) is 0 Å². The lowest BCUT2D eigenvalue weighted by Crippen LogP contribution is -2.34. The Bertz CT molecular complexity index is 486. The summed E-state index contributed by atoms with van der Waals surface area (Å²) in [6.07, 6.45) is 2.87. The first-order chi connectivity index (χ1) is 9.49. The molecule has 1 rings (SSSR count). The Hall–Kier alpha value is -1.11. The highest BCUT2D eigenvalue weighted by Crippen LogP contribution is 2.13. The fraction of sp³-hybridized carbons (Fsp3) is 0.571. The minimum Gasteiger partial charge on any atom is -0.320 e. The molecule has 0 saturated heterocycles. The van der Waals surface area contributed by atoms with Gasteiger partial charge in [-0.3, -0.25) is 4.72 Å². The molecule has 6 heteroatoms. The average Bonchev–Trinajstić information content (AvgIpc) is 2.41. The molecule has 0 aliphatic rings. The quantitative estimate of drug-likeness (QED) is 0.684. The van der Waals surface area contributed by atoms with Gasteiger partial charge in [-0.05, 0) is 44.1 Å². The van der Waals surface area contributed by atoms with Crippen molar-refractivity contribution in [3.05, 3.63) is 29.8 Å². The van der Waals surface area contributed by atoms with Gasteiger partial charge in [-0.25, -0.2) is 0 Å². The molecular weight excluding hydrogens is 274 g/mol. The molecular formula is C14H25N3O2S. The molecule has 0 unspecified atom stereocenters. The molecule has 0 radical (unpaired) electrons. The number of benzene rings is 1. The van der Waals surface area contributed by atoms with Crippen molar-refractivity contribution in [2.24, 2.45) is 0 Å². The zero-order chi connectivity index (χ0) is 15.0. The van der Waals surface area contributed by atoms with Gasteiger partial charge in [0.1, 0.15) is 0 Å². The molecule has 1 aromatic rings. The summed E-state index contributed by atoms with van der Waals surface area (Å²) in [4.78, 5) is 0. The fourth-order valence-corrected chi connectivity index (χ4v) is 2.81. The summed E-state index contributed by atoms with van der Waals surface area (Å²) in [5, 5.41) is 3.00. The molecule has 0 atom stereocenters. The highest BCUT2D eigenvalue weighted by molar-refractivity contribution is 7.90. The third-order valence-corrected chi connectivity index (χ3v) is 4.55. The SMILES string of the molecule is CCCc1ccc(NS(=O)(=O)N(C)CCCNC)cc1. The smallest absolute Gasteiger partial charge is 0.301 e. The van der Waals surface area contributed by atoms with E-state index >= 15 is 0 Å². The number of anilines is 1. The zero-order valence-electron chi connectivity index (χ0n) is 12.5. The van der Waals surface area contributed by atoms with Crippen molar-refractivity contribution < 1.29 is 8.42 Å². The molecule has 0 amide bonds. The molecule has 0 fully saturated rings. The first-order valence-electron chi connectivity index (χ1n) is 6.97. The van der Waals surface area contributed by atoms with Gasteiger partial charge in [0.25, 0.3) is 0 Å². The largest absolute Gasteiger partial charge is 0.320 e. The summed E-state index contributed by atoms with van der Waals surface area (Å²) in [5.74, 6) is 0. The van der Waals surface area contributed by atoms with Crippen molar-refractivity contribution in [3.63, 3.8) is 0 Å². The maximum absolute atomic E-state index is 12.1. The van der Waals surface area contributed by atoms with Crippen LogP contribution in [-0.4, -0.2) is 39.9 Å². The van der Waals surface area contributed by atoms with Crippen LogP contribution in [0.1, 0.15) is 25.3 Å². The molecule has 0 aromatic heterocycles. The summed E-state index contributed by atoms with van der Waals surface area (Å²) in [6, 6.07) is 7.54. The zero-order valence-corrected chi connectivity index (χ0v) is 13.3. The van der Waals surface area contributed by atoms with E-state index in [1.165, 1.54) is 9.87 Å². The number of aryl methyl sites for hydroxylation is 1. The Labute approximate surface area is 122 Å². The van der Waals surface area contributed by atoms with Gasteiger partial charge in [0.05, 0.1) is 0 Å². The Kier molecular flexibility index (Phi) is 6.98. The molecule has 1 aromatic carbocycles. The van der Waals surface area contributed by atoms with Gasteiger partial charge in [-0.1, -0.05) is 25.5 Å². The second-order valence-electron chi connectivity index (χ2n) is 4.83. The molecule has 0 spiro atoms. The number of nitrogens with zero attached hydrogens (tertiary/aromatic N) is 1. The van der Waals surface area contributed by atoms with Crippen LogP contribution in [0, 0.1) is 0 Å². The van der Waals surface area contributed by atoms with E-state index < -0.39 is 10.2 Å². The summed E-state index contributed by atoms with van der Waals surface area (Å²) in [7, 11) is -0.0248. The molecule has 0 aliphatic heterocycles. The average molecular weight is 299 g/mol. The molecule has 0 aliphatic carbocycles. The van der Waals surface area contributed by atoms with E-state index in [1.807, 2.05) is 31.3 Å². The maximum Gasteiger partial charge on any atom is 0.301 e. The summed E-state index contributed by atoms with van der Waals surface area (Å²) in [5.41, 5.74) is 1.82. The highest BCUT2D eigenvalue weighted by atomic mass is 32.2. The Morgan fingerprint density at radius 2 is 1.85 bits per heavy atom. The number of hydrogen-bond acceptors (Lipinski definition) is 3. The van der Waals surface area contributed by atoms with Crippen molar-refractivity contribution in [1.29, 1.82) is 0 Å². The van der Waals surface area contributed by atoms with Gasteiger partial charge in [0.15, 0.2) is 0 Å². The van der Waals surface area contributed by atoms with E-state index in [9.17, 15) is 8.42 Å². The first-order valence-corrected chi connectivity index (χ1v) is 8.41. The van der Waals surface area contributed by atoms with E-state index in [4.69, 9.17) is 0 Å². The molecule has 0 heterocycles. The Balaban J connectivity index is 2.60. The monoisotopic (exact) mass is 299 g/mol. The lowest BCUT2D eigenvalue weighted by atomic mass is 10.1. The lowest BCUT2D eigenvalue weighted by Gasteiger charge is -2.18. The predicted molar refractivity (Wildman–Crippen MR) is 84.2 cm³/mol. The lowest BCUT2D eigenvalue weighted by molar-refractivity contribution is 0.462. The first kappa shape index (κ1) is 16.9. The van der Waals surface area contributed by atoms with E-state index in [0.717, 1.165) is 25.8 Å². The molecule has 0 bridgehead atoms. The van der Waals surface area contributed by atoms with Crippen LogP contribution in [0.4, 0.5) is 5.69 Å². The minimum absolute atomic E-state index is 0.490. The van der Waals surface area contributed by atoms with Gasteiger partial charge >= 0.3 is 10.2 Å². The maximum atomic E-state index is 12.1. The van der Waals surface area contributed by atoms with Crippen molar-refractivity contribution in [2.75, 3.05) is 31.9 Å². The predicted octanol–water partition coefficient (Wildman–Crippen LogP) is 1.84. The normalized spacial score (nSPS) is 11.8. The van der Waals surface area contributed by atoms with E-state index in [0.29, 0.717) is 12.2 Å². The van der Waals surface area contributed by atoms with Gasteiger partial charge in [-0.2, -0.15) is 12.7 Å². The van der Waals surface area contributed by atoms with E-state index in [1.54, 1.807) is 7.05 Å². The second-order valence-corrected chi connectivity index (χ2v) is 6.61. The summed E-state index contributed by atoms with van der Waals surface area (Å²) >= 11 is 0. The molecule has 5 nitrogen and oxygen atoms in total. The standard InChI is InChI=1S/C14H25N3O2S/c1-4-6-13-7-9-14(10-8-13)16-20(18,19)17(3)12-5-11-15-2/h7-10,15-16H,4-6,11-12H2,1-3H3. The molecule has 0 saturated carbocycles.